The summed E-state index contributed by atoms with van der Waals surface area (Å²) in [6, 6.07) is 15.9. The molecule has 0 saturated carbocycles. The van der Waals surface area contributed by atoms with Crippen molar-refractivity contribution in [3.8, 4) is 17.5 Å². The van der Waals surface area contributed by atoms with Crippen LogP contribution in [0.2, 0.25) is 5.02 Å². The minimum Gasteiger partial charge on any atom is -0.411 e. The van der Waals surface area contributed by atoms with E-state index in [-0.39, 0.29) is 11.1 Å². The monoisotopic (exact) mass is 384 g/mol. The highest BCUT2D eigenvalue weighted by atomic mass is 35.5. The van der Waals surface area contributed by atoms with Crippen LogP contribution in [0.1, 0.15) is 12.5 Å². The SMILES string of the molecule is C[C@@H](Sc1nnc(-c2ccc(Cl)cc2)o1)C(=O)Nc1ccccc1C#N. The molecule has 2 aromatic carbocycles. The van der Waals surface area contributed by atoms with Crippen molar-refractivity contribution in [3.63, 3.8) is 0 Å². The van der Waals surface area contributed by atoms with Crippen LogP contribution in [0.3, 0.4) is 0 Å². The lowest BCUT2D eigenvalue weighted by Gasteiger charge is -2.10. The molecule has 3 rings (SSSR count). The summed E-state index contributed by atoms with van der Waals surface area (Å²) in [5.41, 5.74) is 1.62. The molecular formula is C18H13ClN4O2S. The third-order valence-corrected chi connectivity index (χ3v) is 4.64. The predicted octanol–water partition coefficient (Wildman–Crippen LogP) is 4.38. The van der Waals surface area contributed by atoms with Gasteiger partial charge in [-0.2, -0.15) is 5.26 Å². The van der Waals surface area contributed by atoms with Crippen molar-refractivity contribution in [2.75, 3.05) is 5.32 Å². The van der Waals surface area contributed by atoms with Gasteiger partial charge in [-0.15, -0.1) is 10.2 Å². The molecule has 6 nitrogen and oxygen atoms in total. The third kappa shape index (κ3) is 4.23. The van der Waals surface area contributed by atoms with Crippen molar-refractivity contribution in [2.24, 2.45) is 0 Å². The molecule has 130 valence electrons. The standard InChI is InChI=1S/C18H13ClN4O2S/c1-11(16(24)21-15-5-3-2-4-13(15)10-20)26-18-23-22-17(25-18)12-6-8-14(19)9-7-12/h2-9,11H,1H3,(H,21,24)/t11-/m1/s1. The molecule has 0 unspecified atom stereocenters. The van der Waals surface area contributed by atoms with Crippen LogP contribution in [0.25, 0.3) is 11.5 Å². The van der Waals surface area contributed by atoms with Crippen LogP contribution >= 0.6 is 23.4 Å². The third-order valence-electron chi connectivity index (χ3n) is 3.45. The molecule has 1 amide bonds. The topological polar surface area (TPSA) is 91.8 Å². The van der Waals surface area contributed by atoms with Gasteiger partial charge in [0.2, 0.25) is 11.8 Å². The van der Waals surface area contributed by atoms with Crippen LogP contribution in [-0.2, 0) is 4.79 Å². The Labute approximate surface area is 159 Å². The van der Waals surface area contributed by atoms with Gasteiger partial charge in [-0.3, -0.25) is 4.79 Å². The fourth-order valence-electron chi connectivity index (χ4n) is 2.10. The number of rotatable bonds is 5. The summed E-state index contributed by atoms with van der Waals surface area (Å²) in [5.74, 6) is 0.0931. The minimum absolute atomic E-state index is 0.260. The van der Waals surface area contributed by atoms with E-state index >= 15 is 0 Å². The first-order valence-electron chi connectivity index (χ1n) is 7.63. The average Bonchev–Trinajstić information content (AvgIpc) is 3.11. The second-order valence-corrected chi connectivity index (χ2v) is 7.02. The zero-order valence-corrected chi connectivity index (χ0v) is 15.2. The highest BCUT2D eigenvalue weighted by Gasteiger charge is 2.19. The normalized spacial score (nSPS) is 11.6. The Hall–Kier alpha value is -2.82. The summed E-state index contributed by atoms with van der Waals surface area (Å²) in [7, 11) is 0. The summed E-state index contributed by atoms with van der Waals surface area (Å²) in [5, 5.41) is 20.2. The molecule has 26 heavy (non-hydrogen) atoms. The maximum Gasteiger partial charge on any atom is 0.277 e. The number of hydrogen-bond donors (Lipinski definition) is 1. The van der Waals surface area contributed by atoms with E-state index < -0.39 is 5.25 Å². The second-order valence-electron chi connectivity index (χ2n) is 5.29. The van der Waals surface area contributed by atoms with E-state index in [4.69, 9.17) is 21.3 Å². The summed E-state index contributed by atoms with van der Waals surface area (Å²) in [6.45, 7) is 1.72. The summed E-state index contributed by atoms with van der Waals surface area (Å²) >= 11 is 7.00. The Morgan fingerprint density at radius 3 is 2.69 bits per heavy atom. The number of nitrogens with zero attached hydrogens (tertiary/aromatic N) is 3. The average molecular weight is 385 g/mol. The van der Waals surface area contributed by atoms with Gasteiger partial charge in [0, 0.05) is 10.6 Å². The molecular weight excluding hydrogens is 372 g/mol. The maximum atomic E-state index is 12.4. The van der Waals surface area contributed by atoms with Crippen LogP contribution in [0.15, 0.2) is 58.2 Å². The number of nitriles is 1. The fraction of sp³-hybridized carbons (Fsp3) is 0.111. The molecule has 1 aromatic heterocycles. The first-order valence-corrected chi connectivity index (χ1v) is 8.88. The summed E-state index contributed by atoms with van der Waals surface area (Å²) in [6.07, 6.45) is 0. The number of benzene rings is 2. The minimum atomic E-state index is -0.486. The van der Waals surface area contributed by atoms with Gasteiger partial charge in [0.15, 0.2) is 0 Å². The van der Waals surface area contributed by atoms with Gasteiger partial charge in [-0.1, -0.05) is 35.5 Å². The number of nitrogens with one attached hydrogen (secondary N) is 1. The van der Waals surface area contributed by atoms with E-state index in [9.17, 15) is 4.79 Å². The van der Waals surface area contributed by atoms with E-state index in [1.54, 1.807) is 55.5 Å². The molecule has 1 heterocycles. The molecule has 3 aromatic rings. The summed E-state index contributed by atoms with van der Waals surface area (Å²) < 4.78 is 5.59. The first kappa shape index (κ1) is 18.0. The number of hydrogen-bond acceptors (Lipinski definition) is 6. The molecule has 0 fully saturated rings. The molecule has 0 aliphatic rings. The van der Waals surface area contributed by atoms with Crippen LogP contribution in [-0.4, -0.2) is 21.4 Å². The van der Waals surface area contributed by atoms with Gasteiger partial charge in [0.1, 0.15) is 6.07 Å². The first-order chi connectivity index (χ1) is 12.6. The van der Waals surface area contributed by atoms with E-state index in [1.165, 1.54) is 0 Å². The molecule has 1 N–H and O–H groups in total. The van der Waals surface area contributed by atoms with Gasteiger partial charge in [0.25, 0.3) is 5.22 Å². The van der Waals surface area contributed by atoms with Gasteiger partial charge in [0.05, 0.1) is 16.5 Å². The molecule has 8 heteroatoms. The number of anilines is 1. The van der Waals surface area contributed by atoms with E-state index in [0.717, 1.165) is 17.3 Å². The molecule has 0 aliphatic heterocycles. The molecule has 0 bridgehead atoms. The number of thioether (sulfide) groups is 1. The highest BCUT2D eigenvalue weighted by molar-refractivity contribution is 8.00. The van der Waals surface area contributed by atoms with Crippen molar-refractivity contribution in [1.82, 2.24) is 10.2 Å². The highest BCUT2D eigenvalue weighted by Crippen LogP contribution is 2.27. The predicted molar refractivity (Wildman–Crippen MR) is 99.8 cm³/mol. The number of amides is 1. The van der Waals surface area contributed by atoms with Crippen LogP contribution in [0.4, 0.5) is 5.69 Å². The van der Waals surface area contributed by atoms with E-state index in [0.29, 0.717) is 22.2 Å². The number of carbonyl (C=O) groups excluding carboxylic acids is 1. The Bertz CT molecular complexity index is 966. The Balaban J connectivity index is 1.66. The molecule has 0 spiro atoms. The molecule has 0 aliphatic carbocycles. The smallest absolute Gasteiger partial charge is 0.277 e. The van der Waals surface area contributed by atoms with Crippen molar-refractivity contribution < 1.29 is 9.21 Å². The van der Waals surface area contributed by atoms with Crippen LogP contribution in [0, 0.1) is 11.3 Å². The Kier molecular flexibility index (Phi) is 5.56. The maximum absolute atomic E-state index is 12.4. The lowest BCUT2D eigenvalue weighted by atomic mass is 10.2. The number of aromatic nitrogens is 2. The Morgan fingerprint density at radius 2 is 1.96 bits per heavy atom. The van der Waals surface area contributed by atoms with E-state index in [1.807, 2.05) is 6.07 Å². The number of halogens is 1. The Morgan fingerprint density at radius 1 is 1.23 bits per heavy atom. The van der Waals surface area contributed by atoms with Crippen molar-refractivity contribution in [1.29, 1.82) is 5.26 Å². The molecule has 0 saturated heterocycles. The van der Waals surface area contributed by atoms with Crippen LogP contribution in [0.5, 0.6) is 0 Å². The largest absolute Gasteiger partial charge is 0.411 e. The van der Waals surface area contributed by atoms with Gasteiger partial charge < -0.3 is 9.73 Å². The van der Waals surface area contributed by atoms with Gasteiger partial charge >= 0.3 is 0 Å². The second kappa shape index (κ2) is 8.04. The fourth-order valence-corrected chi connectivity index (χ4v) is 2.90. The summed E-state index contributed by atoms with van der Waals surface area (Å²) in [4.78, 5) is 12.4. The zero-order chi connectivity index (χ0) is 18.5. The number of carbonyl (C=O) groups is 1. The quantitative estimate of drug-likeness (QED) is 0.656. The molecule has 1 atom stereocenters. The van der Waals surface area contributed by atoms with Crippen molar-refractivity contribution in [3.05, 3.63) is 59.1 Å². The number of para-hydroxylation sites is 1. The van der Waals surface area contributed by atoms with Crippen LogP contribution < -0.4 is 5.32 Å². The van der Waals surface area contributed by atoms with Gasteiger partial charge in [-0.05, 0) is 43.3 Å². The lowest BCUT2D eigenvalue weighted by molar-refractivity contribution is -0.115. The molecule has 0 radical (unpaired) electrons. The zero-order valence-electron chi connectivity index (χ0n) is 13.6. The van der Waals surface area contributed by atoms with Crippen molar-refractivity contribution in [2.45, 2.75) is 17.4 Å². The lowest BCUT2D eigenvalue weighted by Crippen LogP contribution is -2.22. The van der Waals surface area contributed by atoms with E-state index in [2.05, 4.69) is 15.5 Å². The van der Waals surface area contributed by atoms with Gasteiger partial charge in [-0.25, -0.2) is 0 Å². The van der Waals surface area contributed by atoms with Crippen molar-refractivity contribution >= 4 is 35.0 Å².